The summed E-state index contributed by atoms with van der Waals surface area (Å²) < 4.78 is 0. The second kappa shape index (κ2) is 5.54. The zero-order valence-electron chi connectivity index (χ0n) is 10.3. The van der Waals surface area contributed by atoms with Crippen LogP contribution in [0.5, 0.6) is 0 Å². The van der Waals surface area contributed by atoms with Crippen LogP contribution in [-0.2, 0) is 0 Å². The van der Waals surface area contributed by atoms with Crippen LogP contribution in [0.4, 0.5) is 5.82 Å². The number of carbonyl (C=O) groups is 1. The quantitative estimate of drug-likeness (QED) is 0.858. The molecule has 3 N–H and O–H groups in total. The first-order chi connectivity index (χ1) is 8.56. The molecule has 18 heavy (non-hydrogen) atoms. The van der Waals surface area contributed by atoms with Gasteiger partial charge < -0.3 is 16.0 Å². The minimum absolute atomic E-state index is 0.154. The summed E-state index contributed by atoms with van der Waals surface area (Å²) in [6, 6.07) is 1.54. The van der Waals surface area contributed by atoms with Crippen LogP contribution < -0.4 is 11.1 Å². The lowest BCUT2D eigenvalue weighted by atomic mass is 10.1. The van der Waals surface area contributed by atoms with Gasteiger partial charge in [0.2, 0.25) is 0 Å². The van der Waals surface area contributed by atoms with E-state index < -0.39 is 0 Å². The number of anilines is 1. The van der Waals surface area contributed by atoms with Crippen LogP contribution in [0.15, 0.2) is 12.3 Å². The Hall–Kier alpha value is -1.33. The molecule has 1 amide bonds. The predicted molar refractivity (Wildman–Crippen MR) is 71.6 cm³/mol. The van der Waals surface area contributed by atoms with E-state index in [1.165, 1.54) is 6.20 Å². The Balaban J connectivity index is 1.89. The number of pyridine rings is 1. The van der Waals surface area contributed by atoms with E-state index in [0.717, 1.165) is 19.5 Å². The maximum atomic E-state index is 11.9. The summed E-state index contributed by atoms with van der Waals surface area (Å²) >= 11 is 5.83. The number of nitrogens with one attached hydrogen (secondary N) is 1. The average Bonchev–Trinajstić information content (AvgIpc) is 2.75. The molecule has 1 unspecified atom stereocenters. The third-order valence-electron chi connectivity index (χ3n) is 3.17. The Morgan fingerprint density at radius 1 is 1.72 bits per heavy atom. The summed E-state index contributed by atoms with van der Waals surface area (Å²) in [6.45, 7) is 2.81. The van der Waals surface area contributed by atoms with E-state index in [0.29, 0.717) is 23.0 Å². The summed E-state index contributed by atoms with van der Waals surface area (Å²) in [4.78, 5) is 18.0. The molecule has 98 valence electrons. The number of rotatable bonds is 3. The normalized spacial score (nSPS) is 20.0. The van der Waals surface area contributed by atoms with Crippen molar-refractivity contribution in [3.63, 3.8) is 0 Å². The predicted octanol–water partition coefficient (Wildman–Crippen LogP) is 0.999. The fourth-order valence-electron chi connectivity index (χ4n) is 2.10. The van der Waals surface area contributed by atoms with Crippen molar-refractivity contribution < 1.29 is 4.79 Å². The molecular weight excluding hydrogens is 252 g/mol. The Kier molecular flexibility index (Phi) is 4.04. The lowest BCUT2D eigenvalue weighted by molar-refractivity contribution is 0.0947. The van der Waals surface area contributed by atoms with Crippen LogP contribution >= 0.6 is 11.6 Å². The first kappa shape index (κ1) is 13.1. The lowest BCUT2D eigenvalue weighted by Crippen LogP contribution is -2.30. The Morgan fingerprint density at radius 3 is 3.11 bits per heavy atom. The first-order valence-electron chi connectivity index (χ1n) is 5.94. The molecule has 6 heteroatoms. The van der Waals surface area contributed by atoms with Gasteiger partial charge in [-0.05, 0) is 32.0 Å². The number of likely N-dealkylation sites (tertiary alicyclic amines) is 1. The third-order valence-corrected chi connectivity index (χ3v) is 3.47. The van der Waals surface area contributed by atoms with Gasteiger partial charge in [0.15, 0.2) is 0 Å². The molecule has 1 fully saturated rings. The van der Waals surface area contributed by atoms with Gasteiger partial charge in [-0.3, -0.25) is 4.79 Å². The van der Waals surface area contributed by atoms with Gasteiger partial charge in [0, 0.05) is 19.3 Å². The van der Waals surface area contributed by atoms with Gasteiger partial charge in [0.05, 0.1) is 10.6 Å². The monoisotopic (exact) mass is 268 g/mol. The van der Waals surface area contributed by atoms with Crippen LogP contribution in [0.1, 0.15) is 16.8 Å². The van der Waals surface area contributed by atoms with Crippen LogP contribution in [-0.4, -0.2) is 42.5 Å². The van der Waals surface area contributed by atoms with E-state index in [2.05, 4.69) is 22.2 Å². The van der Waals surface area contributed by atoms with E-state index >= 15 is 0 Å². The van der Waals surface area contributed by atoms with E-state index in [1.807, 2.05) is 0 Å². The molecule has 0 aliphatic carbocycles. The fraction of sp³-hybridized carbons (Fsp3) is 0.500. The van der Waals surface area contributed by atoms with Crippen molar-refractivity contribution in [3.8, 4) is 0 Å². The molecule has 2 rings (SSSR count). The fourth-order valence-corrected chi connectivity index (χ4v) is 2.27. The molecule has 0 aromatic carbocycles. The average molecular weight is 269 g/mol. The number of nitrogens with zero attached hydrogens (tertiary/aromatic N) is 2. The molecule has 0 spiro atoms. The SMILES string of the molecule is CN1CCC(CNC(=O)c2cnc(N)c(Cl)c2)C1. The van der Waals surface area contributed by atoms with Crippen molar-refractivity contribution >= 4 is 23.3 Å². The highest BCUT2D eigenvalue weighted by Gasteiger charge is 2.20. The molecule has 1 aromatic rings. The summed E-state index contributed by atoms with van der Waals surface area (Å²) in [5.41, 5.74) is 5.94. The van der Waals surface area contributed by atoms with Gasteiger partial charge in [0.1, 0.15) is 5.82 Å². The topological polar surface area (TPSA) is 71.2 Å². The molecule has 1 aliphatic heterocycles. The van der Waals surface area contributed by atoms with Crippen LogP contribution in [0.2, 0.25) is 5.02 Å². The lowest BCUT2D eigenvalue weighted by Gasteiger charge is -2.11. The van der Waals surface area contributed by atoms with Crippen molar-refractivity contribution in [1.29, 1.82) is 0 Å². The molecule has 1 saturated heterocycles. The number of aromatic nitrogens is 1. The molecule has 1 atom stereocenters. The minimum Gasteiger partial charge on any atom is -0.382 e. The molecule has 1 aromatic heterocycles. The van der Waals surface area contributed by atoms with E-state index in [1.54, 1.807) is 6.07 Å². The number of nitrogens with two attached hydrogens (primary N) is 1. The molecule has 5 nitrogen and oxygen atoms in total. The second-order valence-electron chi connectivity index (χ2n) is 4.72. The Morgan fingerprint density at radius 2 is 2.50 bits per heavy atom. The minimum atomic E-state index is -0.154. The van der Waals surface area contributed by atoms with Gasteiger partial charge >= 0.3 is 0 Å². The van der Waals surface area contributed by atoms with Crippen molar-refractivity contribution in [2.24, 2.45) is 5.92 Å². The van der Waals surface area contributed by atoms with Crippen LogP contribution in [0, 0.1) is 5.92 Å². The summed E-state index contributed by atoms with van der Waals surface area (Å²) in [5, 5.41) is 3.21. The standard InChI is InChI=1S/C12H17ClN4O/c1-17-3-2-8(7-17)5-16-12(18)9-4-10(13)11(14)15-6-9/h4,6,8H,2-3,5,7H2,1H3,(H2,14,15)(H,16,18). The maximum absolute atomic E-state index is 11.9. The molecule has 0 radical (unpaired) electrons. The Bertz CT molecular complexity index is 452. The van der Waals surface area contributed by atoms with Gasteiger partial charge in [0.25, 0.3) is 5.91 Å². The highest BCUT2D eigenvalue weighted by atomic mass is 35.5. The highest BCUT2D eigenvalue weighted by molar-refractivity contribution is 6.33. The van der Waals surface area contributed by atoms with E-state index in [-0.39, 0.29) is 11.7 Å². The van der Waals surface area contributed by atoms with Gasteiger partial charge in [-0.25, -0.2) is 4.98 Å². The summed E-state index contributed by atoms with van der Waals surface area (Å²) in [7, 11) is 2.09. The third kappa shape index (κ3) is 3.11. The number of amides is 1. The second-order valence-corrected chi connectivity index (χ2v) is 5.13. The molecule has 1 aliphatic rings. The van der Waals surface area contributed by atoms with Crippen molar-refractivity contribution in [2.75, 3.05) is 32.4 Å². The first-order valence-corrected chi connectivity index (χ1v) is 6.32. The van der Waals surface area contributed by atoms with Gasteiger partial charge in [-0.1, -0.05) is 11.6 Å². The highest BCUT2D eigenvalue weighted by Crippen LogP contribution is 2.17. The van der Waals surface area contributed by atoms with Crippen molar-refractivity contribution in [2.45, 2.75) is 6.42 Å². The van der Waals surface area contributed by atoms with Crippen LogP contribution in [0.25, 0.3) is 0 Å². The maximum Gasteiger partial charge on any atom is 0.252 e. The molecular formula is C12H17ClN4O. The molecule has 0 bridgehead atoms. The number of halogens is 1. The number of hydrogen-bond donors (Lipinski definition) is 2. The smallest absolute Gasteiger partial charge is 0.252 e. The van der Waals surface area contributed by atoms with Gasteiger partial charge in [-0.2, -0.15) is 0 Å². The largest absolute Gasteiger partial charge is 0.382 e. The Labute approximate surface area is 111 Å². The summed E-state index contributed by atoms with van der Waals surface area (Å²) in [5.74, 6) is 0.612. The van der Waals surface area contributed by atoms with E-state index in [4.69, 9.17) is 17.3 Å². The van der Waals surface area contributed by atoms with Gasteiger partial charge in [-0.15, -0.1) is 0 Å². The number of nitrogen functional groups attached to an aromatic ring is 1. The number of carbonyl (C=O) groups excluding carboxylic acids is 1. The van der Waals surface area contributed by atoms with Crippen LogP contribution in [0.3, 0.4) is 0 Å². The zero-order valence-corrected chi connectivity index (χ0v) is 11.1. The van der Waals surface area contributed by atoms with E-state index in [9.17, 15) is 4.79 Å². The van der Waals surface area contributed by atoms with Crippen molar-refractivity contribution in [3.05, 3.63) is 22.8 Å². The van der Waals surface area contributed by atoms with Crippen molar-refractivity contribution in [1.82, 2.24) is 15.2 Å². The number of hydrogen-bond acceptors (Lipinski definition) is 4. The molecule has 2 heterocycles. The molecule has 0 saturated carbocycles. The zero-order chi connectivity index (χ0) is 13.1. The summed E-state index contributed by atoms with van der Waals surface area (Å²) in [6.07, 6.45) is 2.56.